The van der Waals surface area contributed by atoms with E-state index in [1.807, 2.05) is 0 Å². The highest BCUT2D eigenvalue weighted by Crippen LogP contribution is 2.16. The van der Waals surface area contributed by atoms with Crippen molar-refractivity contribution >= 4 is 17.6 Å². The van der Waals surface area contributed by atoms with Gasteiger partial charge in [-0.05, 0) is 6.92 Å². The predicted octanol–water partition coefficient (Wildman–Crippen LogP) is -0.444. The van der Waals surface area contributed by atoms with Crippen LogP contribution in [0.5, 0.6) is 0 Å². The first-order chi connectivity index (χ1) is 7.88. The lowest BCUT2D eigenvalue weighted by atomic mass is 10.3. The van der Waals surface area contributed by atoms with Crippen molar-refractivity contribution < 1.29 is 14.3 Å². The minimum atomic E-state index is -0.488. The van der Waals surface area contributed by atoms with Crippen molar-refractivity contribution in [1.29, 1.82) is 0 Å². The zero-order valence-electron chi connectivity index (χ0n) is 10.4. The van der Waals surface area contributed by atoms with E-state index in [4.69, 9.17) is 5.73 Å². The van der Waals surface area contributed by atoms with Gasteiger partial charge in [0.25, 0.3) is 5.91 Å². The number of nitrogens with zero attached hydrogens (tertiary/aromatic N) is 3. The second kappa shape index (κ2) is 4.86. The fraction of sp³-hybridized carbons (Fsp3) is 0.500. The molecule has 0 saturated carbocycles. The second-order valence-electron chi connectivity index (χ2n) is 3.71. The van der Waals surface area contributed by atoms with Crippen molar-refractivity contribution in [2.75, 3.05) is 26.4 Å². The molecular formula is C10H16N4O3. The molecule has 7 nitrogen and oxygen atoms in total. The van der Waals surface area contributed by atoms with Gasteiger partial charge in [-0.25, -0.2) is 0 Å². The van der Waals surface area contributed by atoms with E-state index in [0.29, 0.717) is 11.4 Å². The van der Waals surface area contributed by atoms with Crippen LogP contribution < -0.4 is 5.73 Å². The van der Waals surface area contributed by atoms with Crippen LogP contribution in [0.1, 0.15) is 16.2 Å². The van der Waals surface area contributed by atoms with Crippen molar-refractivity contribution in [3.8, 4) is 0 Å². The number of rotatable bonds is 3. The van der Waals surface area contributed by atoms with E-state index in [9.17, 15) is 9.59 Å². The summed E-state index contributed by atoms with van der Waals surface area (Å²) in [4.78, 5) is 24.3. The molecule has 0 unspecified atom stereocenters. The molecule has 1 heterocycles. The second-order valence-corrected chi connectivity index (χ2v) is 3.71. The highest BCUT2D eigenvalue weighted by Gasteiger charge is 2.22. The number of nitrogens with two attached hydrogens (primary N) is 1. The van der Waals surface area contributed by atoms with Gasteiger partial charge in [-0.1, -0.05) is 0 Å². The van der Waals surface area contributed by atoms with Crippen LogP contribution in [0.3, 0.4) is 0 Å². The molecule has 0 radical (unpaired) electrons. The Morgan fingerprint density at radius 3 is 2.53 bits per heavy atom. The summed E-state index contributed by atoms with van der Waals surface area (Å²) in [5, 5.41) is 4.04. The van der Waals surface area contributed by atoms with Gasteiger partial charge in [0.15, 0.2) is 0 Å². The molecule has 1 aromatic heterocycles. The van der Waals surface area contributed by atoms with Gasteiger partial charge in [-0.3, -0.25) is 14.3 Å². The number of aromatic nitrogens is 2. The molecule has 0 aliphatic carbocycles. The Balaban J connectivity index is 2.93. The van der Waals surface area contributed by atoms with Crippen LogP contribution in [0.4, 0.5) is 5.69 Å². The third-order valence-corrected chi connectivity index (χ3v) is 2.41. The maximum Gasteiger partial charge on any atom is 0.325 e. The van der Waals surface area contributed by atoms with Crippen molar-refractivity contribution in [3.05, 3.63) is 11.4 Å². The van der Waals surface area contributed by atoms with Gasteiger partial charge >= 0.3 is 5.97 Å². The lowest BCUT2D eigenvalue weighted by Crippen LogP contribution is -2.34. The van der Waals surface area contributed by atoms with Gasteiger partial charge < -0.3 is 15.4 Å². The Labute approximate surface area is 99.1 Å². The lowest BCUT2D eigenvalue weighted by molar-refractivity contribution is -0.141. The van der Waals surface area contributed by atoms with Gasteiger partial charge in [-0.2, -0.15) is 5.10 Å². The molecule has 0 atom stereocenters. The van der Waals surface area contributed by atoms with Gasteiger partial charge in [0.1, 0.15) is 12.2 Å². The number of ether oxygens (including phenoxy) is 1. The summed E-state index contributed by atoms with van der Waals surface area (Å²) < 4.78 is 5.89. The first kappa shape index (κ1) is 13.0. The number of amides is 1. The van der Waals surface area contributed by atoms with E-state index in [0.717, 1.165) is 0 Å². The molecular weight excluding hydrogens is 224 g/mol. The molecule has 7 heteroatoms. The number of hydrogen-bond donors (Lipinski definition) is 1. The van der Waals surface area contributed by atoms with Crippen LogP contribution in [0.15, 0.2) is 0 Å². The summed E-state index contributed by atoms with van der Waals surface area (Å²) in [5.41, 5.74) is 6.94. The van der Waals surface area contributed by atoms with Gasteiger partial charge in [-0.15, -0.1) is 0 Å². The van der Waals surface area contributed by atoms with Crippen LogP contribution in [0.2, 0.25) is 0 Å². The van der Waals surface area contributed by atoms with Crippen LogP contribution >= 0.6 is 0 Å². The number of carbonyl (C=O) groups excluding carboxylic acids is 2. The van der Waals surface area contributed by atoms with E-state index in [1.165, 1.54) is 23.7 Å². The zero-order valence-corrected chi connectivity index (χ0v) is 10.4. The van der Waals surface area contributed by atoms with E-state index < -0.39 is 5.97 Å². The Hall–Kier alpha value is -2.05. The van der Waals surface area contributed by atoms with Crippen molar-refractivity contribution in [3.63, 3.8) is 0 Å². The number of methoxy groups -OCH3 is 1. The first-order valence-electron chi connectivity index (χ1n) is 4.99. The van der Waals surface area contributed by atoms with E-state index in [1.54, 1.807) is 14.0 Å². The van der Waals surface area contributed by atoms with E-state index in [-0.39, 0.29) is 18.1 Å². The minimum Gasteiger partial charge on any atom is -0.468 e. The number of esters is 1. The van der Waals surface area contributed by atoms with Gasteiger partial charge in [0.2, 0.25) is 0 Å². The number of nitrogen functional groups attached to an aromatic ring is 1. The number of hydrogen-bond acceptors (Lipinski definition) is 5. The van der Waals surface area contributed by atoms with Crippen LogP contribution in [-0.4, -0.2) is 47.3 Å². The minimum absolute atomic E-state index is 0.126. The number of likely N-dealkylation sites (N-methyl/N-ethyl adjacent to an activating group) is 1. The average molecular weight is 240 g/mol. The Morgan fingerprint density at radius 2 is 2.12 bits per heavy atom. The van der Waals surface area contributed by atoms with Crippen molar-refractivity contribution in [2.45, 2.75) is 6.92 Å². The predicted molar refractivity (Wildman–Crippen MR) is 61.3 cm³/mol. The zero-order chi connectivity index (χ0) is 13.2. The maximum absolute atomic E-state index is 12.0. The number of aryl methyl sites for hydroxylation is 2. The molecule has 0 aliphatic rings. The molecule has 0 spiro atoms. The third kappa shape index (κ3) is 2.55. The highest BCUT2D eigenvalue weighted by molar-refractivity contribution is 5.99. The standard InChI is InChI=1S/C10H16N4O3/c1-6-8(11)9(14(3)12-6)10(16)13(2)5-7(15)17-4/h5,11H2,1-4H3. The number of anilines is 1. The van der Waals surface area contributed by atoms with Crippen molar-refractivity contribution in [2.24, 2.45) is 7.05 Å². The Bertz CT molecular complexity index is 453. The largest absolute Gasteiger partial charge is 0.468 e. The van der Waals surface area contributed by atoms with Crippen LogP contribution in [-0.2, 0) is 16.6 Å². The molecule has 1 rings (SSSR count). The molecule has 0 aromatic carbocycles. The fourth-order valence-electron chi connectivity index (χ4n) is 1.44. The molecule has 0 aliphatic heterocycles. The average Bonchev–Trinajstić information content (AvgIpc) is 2.52. The molecule has 94 valence electrons. The van der Waals surface area contributed by atoms with E-state index >= 15 is 0 Å². The van der Waals surface area contributed by atoms with Crippen LogP contribution in [0.25, 0.3) is 0 Å². The smallest absolute Gasteiger partial charge is 0.325 e. The maximum atomic E-state index is 12.0. The topological polar surface area (TPSA) is 90.4 Å². The van der Waals surface area contributed by atoms with Crippen molar-refractivity contribution in [1.82, 2.24) is 14.7 Å². The van der Waals surface area contributed by atoms with Gasteiger partial charge in [0, 0.05) is 14.1 Å². The first-order valence-corrected chi connectivity index (χ1v) is 4.99. The summed E-state index contributed by atoms with van der Waals surface area (Å²) in [6, 6.07) is 0. The highest BCUT2D eigenvalue weighted by atomic mass is 16.5. The number of carbonyl (C=O) groups is 2. The van der Waals surface area contributed by atoms with E-state index in [2.05, 4.69) is 9.84 Å². The summed E-state index contributed by atoms with van der Waals surface area (Å²) in [6.07, 6.45) is 0. The SMILES string of the molecule is COC(=O)CN(C)C(=O)c1c(N)c(C)nn1C. The molecule has 0 fully saturated rings. The summed E-state index contributed by atoms with van der Waals surface area (Å²) >= 11 is 0. The fourth-order valence-corrected chi connectivity index (χ4v) is 1.44. The molecule has 0 saturated heterocycles. The van der Waals surface area contributed by atoms with Gasteiger partial charge in [0.05, 0.1) is 18.5 Å². The Morgan fingerprint density at radius 1 is 1.53 bits per heavy atom. The summed E-state index contributed by atoms with van der Waals surface area (Å²) in [5.74, 6) is -0.852. The molecule has 1 amide bonds. The summed E-state index contributed by atoms with van der Waals surface area (Å²) in [6.45, 7) is 1.59. The normalized spacial score (nSPS) is 10.1. The monoisotopic (exact) mass is 240 g/mol. The lowest BCUT2D eigenvalue weighted by Gasteiger charge is -2.15. The molecule has 17 heavy (non-hydrogen) atoms. The summed E-state index contributed by atoms with van der Waals surface area (Å²) in [7, 11) is 4.40. The molecule has 2 N–H and O–H groups in total. The Kier molecular flexibility index (Phi) is 3.72. The molecule has 0 bridgehead atoms. The van der Waals surface area contributed by atoms with Crippen LogP contribution in [0, 0.1) is 6.92 Å². The third-order valence-electron chi connectivity index (χ3n) is 2.41. The molecule has 1 aromatic rings. The quantitative estimate of drug-likeness (QED) is 0.723.